The van der Waals surface area contributed by atoms with Gasteiger partial charge in [-0.15, -0.1) is 0 Å². The van der Waals surface area contributed by atoms with Crippen molar-refractivity contribution in [1.29, 1.82) is 5.26 Å². The lowest BCUT2D eigenvalue weighted by Gasteiger charge is -2.07. The lowest BCUT2D eigenvalue weighted by Crippen LogP contribution is -2.08. The van der Waals surface area contributed by atoms with Crippen LogP contribution in [0.2, 0.25) is 0 Å². The Balaban J connectivity index is 2.04. The highest BCUT2D eigenvalue weighted by Crippen LogP contribution is 2.17. The predicted molar refractivity (Wildman–Crippen MR) is 65.8 cm³/mol. The molecule has 1 aromatic carbocycles. The van der Waals surface area contributed by atoms with Gasteiger partial charge in [-0.3, -0.25) is 0 Å². The van der Waals surface area contributed by atoms with E-state index >= 15 is 0 Å². The van der Waals surface area contributed by atoms with Gasteiger partial charge in [0.25, 0.3) is 0 Å². The largest absolute Gasteiger partial charge is 0.486 e. The number of rotatable bonds is 5. The number of hydrogen-bond acceptors (Lipinski definition) is 4. The Labute approximate surface area is 110 Å². The van der Waals surface area contributed by atoms with Gasteiger partial charge in [-0.2, -0.15) is 10.4 Å². The first-order valence-electron chi connectivity index (χ1n) is 5.93. The summed E-state index contributed by atoms with van der Waals surface area (Å²) in [5.41, 5.74) is 0.00139. The first-order chi connectivity index (χ1) is 9.24. The number of nitrogens with zero attached hydrogens (tertiary/aromatic N) is 4. The lowest BCUT2D eigenvalue weighted by atomic mass is 10.2. The average Bonchev–Trinajstić information content (AvgIpc) is 2.84. The van der Waals surface area contributed by atoms with E-state index in [2.05, 4.69) is 10.1 Å². The van der Waals surface area contributed by atoms with Crippen molar-refractivity contribution in [3.05, 3.63) is 41.7 Å². The van der Waals surface area contributed by atoms with Gasteiger partial charge < -0.3 is 4.74 Å². The summed E-state index contributed by atoms with van der Waals surface area (Å²) in [6, 6.07) is 5.90. The minimum absolute atomic E-state index is 0.00139. The zero-order valence-corrected chi connectivity index (χ0v) is 10.5. The summed E-state index contributed by atoms with van der Waals surface area (Å²) in [6.45, 7) is 3.02. The SMILES string of the molecule is CCCn1ncnc1COc1ccc(C#N)c(F)c1. The van der Waals surface area contributed by atoms with E-state index in [-0.39, 0.29) is 12.2 Å². The molecule has 5 nitrogen and oxygen atoms in total. The Bertz CT molecular complexity index is 603. The second kappa shape index (κ2) is 5.96. The molecule has 0 saturated carbocycles. The summed E-state index contributed by atoms with van der Waals surface area (Å²) in [5.74, 6) is 0.462. The maximum Gasteiger partial charge on any atom is 0.164 e. The molecule has 0 spiro atoms. The number of halogens is 1. The van der Waals surface area contributed by atoms with Crippen molar-refractivity contribution in [2.24, 2.45) is 0 Å². The molecule has 19 heavy (non-hydrogen) atoms. The van der Waals surface area contributed by atoms with Crippen molar-refractivity contribution in [2.45, 2.75) is 26.5 Å². The van der Waals surface area contributed by atoms with E-state index in [0.29, 0.717) is 11.6 Å². The molecular weight excluding hydrogens is 247 g/mol. The molecule has 6 heteroatoms. The van der Waals surface area contributed by atoms with E-state index in [1.165, 1.54) is 18.5 Å². The topological polar surface area (TPSA) is 63.7 Å². The first kappa shape index (κ1) is 13.0. The van der Waals surface area contributed by atoms with Gasteiger partial charge in [-0.25, -0.2) is 14.1 Å². The van der Waals surface area contributed by atoms with Crippen LogP contribution in [-0.4, -0.2) is 14.8 Å². The van der Waals surface area contributed by atoms with Crippen molar-refractivity contribution in [2.75, 3.05) is 0 Å². The Morgan fingerprint density at radius 1 is 1.47 bits per heavy atom. The van der Waals surface area contributed by atoms with E-state index in [1.807, 2.05) is 6.92 Å². The van der Waals surface area contributed by atoms with E-state index < -0.39 is 5.82 Å². The summed E-state index contributed by atoms with van der Waals surface area (Å²) in [6.07, 6.45) is 2.41. The quantitative estimate of drug-likeness (QED) is 0.827. The van der Waals surface area contributed by atoms with Crippen LogP contribution in [0, 0.1) is 17.1 Å². The standard InChI is InChI=1S/C13H13FN4O/c1-2-5-18-13(16-9-17-18)8-19-11-4-3-10(7-15)12(14)6-11/h3-4,6,9H,2,5,8H2,1H3. The van der Waals surface area contributed by atoms with Crippen molar-refractivity contribution < 1.29 is 9.13 Å². The molecule has 0 fully saturated rings. The van der Waals surface area contributed by atoms with Crippen LogP contribution in [0.3, 0.4) is 0 Å². The fourth-order valence-electron chi connectivity index (χ4n) is 1.62. The molecule has 0 saturated heterocycles. The highest BCUT2D eigenvalue weighted by Gasteiger charge is 2.07. The first-order valence-corrected chi connectivity index (χ1v) is 5.93. The zero-order valence-electron chi connectivity index (χ0n) is 10.5. The third-order valence-electron chi connectivity index (χ3n) is 2.56. The molecule has 0 radical (unpaired) electrons. The second-order valence-corrected chi connectivity index (χ2v) is 3.94. The Morgan fingerprint density at radius 3 is 3.00 bits per heavy atom. The third-order valence-corrected chi connectivity index (χ3v) is 2.56. The van der Waals surface area contributed by atoms with Crippen LogP contribution in [-0.2, 0) is 13.2 Å². The molecule has 2 rings (SSSR count). The number of ether oxygens (including phenoxy) is 1. The van der Waals surface area contributed by atoms with Crippen LogP contribution < -0.4 is 4.74 Å². The lowest BCUT2D eigenvalue weighted by molar-refractivity contribution is 0.285. The Morgan fingerprint density at radius 2 is 2.32 bits per heavy atom. The molecule has 0 amide bonds. The fraction of sp³-hybridized carbons (Fsp3) is 0.308. The van der Waals surface area contributed by atoms with Gasteiger partial charge in [-0.05, 0) is 18.6 Å². The maximum absolute atomic E-state index is 13.4. The van der Waals surface area contributed by atoms with E-state index in [1.54, 1.807) is 16.8 Å². The van der Waals surface area contributed by atoms with E-state index in [0.717, 1.165) is 13.0 Å². The number of benzene rings is 1. The van der Waals surface area contributed by atoms with Crippen molar-refractivity contribution in [1.82, 2.24) is 14.8 Å². The van der Waals surface area contributed by atoms with Gasteiger partial charge >= 0.3 is 0 Å². The number of hydrogen-bond donors (Lipinski definition) is 0. The van der Waals surface area contributed by atoms with E-state index in [9.17, 15) is 4.39 Å². The van der Waals surface area contributed by atoms with Crippen molar-refractivity contribution in [3.63, 3.8) is 0 Å². The number of aromatic nitrogens is 3. The van der Waals surface area contributed by atoms with Gasteiger partial charge in [0.1, 0.15) is 30.6 Å². The second-order valence-electron chi connectivity index (χ2n) is 3.94. The molecule has 0 aliphatic rings. The summed E-state index contributed by atoms with van der Waals surface area (Å²) in [4.78, 5) is 4.09. The normalized spacial score (nSPS) is 10.2. The molecule has 0 atom stereocenters. The molecule has 0 unspecified atom stereocenters. The van der Waals surface area contributed by atoms with Crippen LogP contribution in [0.5, 0.6) is 5.75 Å². The van der Waals surface area contributed by atoms with Gasteiger partial charge in [0.2, 0.25) is 0 Å². The van der Waals surface area contributed by atoms with Gasteiger partial charge in [-0.1, -0.05) is 6.92 Å². The average molecular weight is 260 g/mol. The fourth-order valence-corrected chi connectivity index (χ4v) is 1.62. The minimum atomic E-state index is -0.588. The minimum Gasteiger partial charge on any atom is -0.486 e. The molecule has 98 valence electrons. The summed E-state index contributed by atoms with van der Waals surface area (Å²) in [5, 5.41) is 12.7. The van der Waals surface area contributed by atoms with Gasteiger partial charge in [0.15, 0.2) is 5.82 Å². The maximum atomic E-state index is 13.4. The zero-order chi connectivity index (χ0) is 13.7. The molecule has 1 heterocycles. The highest BCUT2D eigenvalue weighted by molar-refractivity contribution is 5.36. The highest BCUT2D eigenvalue weighted by atomic mass is 19.1. The molecular formula is C13H13FN4O. The van der Waals surface area contributed by atoms with Crippen LogP contribution in [0.25, 0.3) is 0 Å². The molecule has 0 aliphatic carbocycles. The summed E-state index contributed by atoms with van der Waals surface area (Å²) < 4.78 is 20.6. The van der Waals surface area contributed by atoms with Crippen LogP contribution in [0.1, 0.15) is 24.7 Å². The van der Waals surface area contributed by atoms with Gasteiger partial charge in [0, 0.05) is 12.6 Å². The van der Waals surface area contributed by atoms with Crippen LogP contribution >= 0.6 is 0 Å². The third kappa shape index (κ3) is 3.07. The van der Waals surface area contributed by atoms with Crippen molar-refractivity contribution in [3.8, 4) is 11.8 Å². The molecule has 2 aromatic rings. The molecule has 0 N–H and O–H groups in total. The Hall–Kier alpha value is -2.42. The van der Waals surface area contributed by atoms with Crippen LogP contribution in [0.15, 0.2) is 24.5 Å². The van der Waals surface area contributed by atoms with Crippen molar-refractivity contribution >= 4 is 0 Å². The van der Waals surface area contributed by atoms with Gasteiger partial charge in [0.05, 0.1) is 5.56 Å². The summed E-state index contributed by atoms with van der Waals surface area (Å²) >= 11 is 0. The van der Waals surface area contributed by atoms with Crippen LogP contribution in [0.4, 0.5) is 4.39 Å². The number of aryl methyl sites for hydroxylation is 1. The number of nitriles is 1. The molecule has 0 aliphatic heterocycles. The molecule has 0 bridgehead atoms. The monoisotopic (exact) mass is 260 g/mol. The Kier molecular flexibility index (Phi) is 4.08. The summed E-state index contributed by atoms with van der Waals surface area (Å²) in [7, 11) is 0. The van der Waals surface area contributed by atoms with E-state index in [4.69, 9.17) is 10.00 Å². The smallest absolute Gasteiger partial charge is 0.164 e. The molecule has 1 aromatic heterocycles. The predicted octanol–water partition coefficient (Wildman–Crippen LogP) is 2.28.